The minimum atomic E-state index is -2.04. The van der Waals surface area contributed by atoms with Crippen LogP contribution in [0.1, 0.15) is 12.7 Å². The summed E-state index contributed by atoms with van der Waals surface area (Å²) in [6, 6.07) is 3.12. The lowest BCUT2D eigenvalue weighted by molar-refractivity contribution is -0.361. The molecular formula is C30H45NO22. The molecule has 0 aliphatic carbocycles. The van der Waals surface area contributed by atoms with Crippen LogP contribution in [-0.4, -0.2) is 209 Å². The zero-order chi connectivity index (χ0) is 38.9. The summed E-state index contributed by atoms with van der Waals surface area (Å²) in [6.07, 6.45) is -35.1. The molecule has 302 valence electrons. The van der Waals surface area contributed by atoms with Gasteiger partial charge in [0, 0.05) is 0 Å². The van der Waals surface area contributed by atoms with Crippen LogP contribution in [-0.2, 0) is 49.3 Å². The van der Waals surface area contributed by atoms with Gasteiger partial charge >= 0.3 is 5.97 Å². The van der Waals surface area contributed by atoms with Gasteiger partial charge in [-0.2, -0.15) is 0 Å². The van der Waals surface area contributed by atoms with Crippen molar-refractivity contribution >= 4 is 11.9 Å². The van der Waals surface area contributed by atoms with Crippen LogP contribution < -0.4 is 5.32 Å². The monoisotopic (exact) mass is 771 g/mol. The number of aliphatic carboxylic acids is 1. The molecule has 4 aliphatic rings. The number of aliphatic hydroxyl groups excluding tert-OH is 11. The van der Waals surface area contributed by atoms with Crippen molar-refractivity contribution in [3.8, 4) is 0 Å². The normalized spacial score (nSPS) is 46.5. The number of carbonyl (C=O) groups excluding carboxylic acids is 1. The molecule has 5 rings (SSSR count). The molecule has 13 N–H and O–H groups in total. The minimum Gasteiger partial charge on any atom is -0.479 e. The maximum absolute atomic E-state index is 12.8. The highest BCUT2D eigenvalue weighted by Gasteiger charge is 2.54. The molecule has 20 atom stereocenters. The number of nitrogens with one attached hydrogen (secondary N) is 1. The Kier molecular flexibility index (Phi) is 13.8. The summed E-state index contributed by atoms with van der Waals surface area (Å²) in [5, 5.41) is 127. The minimum absolute atomic E-state index is 0.129. The Bertz CT molecular complexity index is 1340. The van der Waals surface area contributed by atoms with Gasteiger partial charge in [-0.3, -0.25) is 4.79 Å². The van der Waals surface area contributed by atoms with Crippen molar-refractivity contribution in [1.82, 2.24) is 5.32 Å². The number of aliphatic hydroxyl groups is 11. The van der Waals surface area contributed by atoms with Crippen LogP contribution in [0.15, 0.2) is 22.8 Å². The van der Waals surface area contributed by atoms with Gasteiger partial charge in [-0.15, -0.1) is 0 Å². The van der Waals surface area contributed by atoms with E-state index in [1.165, 1.54) is 13.2 Å². The van der Waals surface area contributed by atoms with Gasteiger partial charge in [0.05, 0.1) is 32.1 Å². The number of carbonyl (C=O) groups is 2. The molecule has 1 aromatic heterocycles. The van der Waals surface area contributed by atoms with Crippen molar-refractivity contribution in [2.24, 2.45) is 0 Å². The molecule has 4 saturated heterocycles. The third kappa shape index (κ3) is 8.82. The van der Waals surface area contributed by atoms with E-state index in [-0.39, 0.29) is 6.54 Å². The number of ether oxygens (including phenoxy) is 7. The van der Waals surface area contributed by atoms with Gasteiger partial charge in [-0.25, -0.2) is 4.79 Å². The first-order valence-corrected chi connectivity index (χ1v) is 16.5. The first kappa shape index (κ1) is 41.7. The number of rotatable bonds is 12. The molecule has 53 heavy (non-hydrogen) atoms. The molecule has 20 unspecified atom stereocenters. The average molecular weight is 772 g/mol. The van der Waals surface area contributed by atoms with Crippen molar-refractivity contribution in [1.29, 1.82) is 0 Å². The van der Waals surface area contributed by atoms with Crippen LogP contribution in [0, 0.1) is 0 Å². The van der Waals surface area contributed by atoms with E-state index in [1.54, 1.807) is 12.1 Å². The summed E-state index contributed by atoms with van der Waals surface area (Å²) in [6.45, 7) is -0.310. The zero-order valence-corrected chi connectivity index (χ0v) is 27.8. The molecule has 1 amide bonds. The van der Waals surface area contributed by atoms with E-state index >= 15 is 0 Å². The molecule has 0 radical (unpaired) electrons. The van der Waals surface area contributed by atoms with Crippen molar-refractivity contribution in [3.63, 3.8) is 0 Å². The first-order chi connectivity index (χ1) is 25.0. The smallest absolute Gasteiger partial charge is 0.335 e. The lowest BCUT2D eigenvalue weighted by Gasteiger charge is -2.47. The second kappa shape index (κ2) is 17.5. The van der Waals surface area contributed by atoms with Crippen molar-refractivity contribution in [3.05, 3.63) is 24.2 Å². The number of furan rings is 1. The SMILES string of the molecule is CC1OC(COC2OC(CO)C(O)C(OC3OC(C(=O)NCc4ccco4)C(O)C(O)C3O)C2O)C(O)C(OC2OC(C(=O)O)C(O)C(O)C2O)C1O. The quantitative estimate of drug-likeness (QED) is 0.0938. The van der Waals surface area contributed by atoms with E-state index in [4.69, 9.17) is 37.6 Å². The molecule has 4 aliphatic heterocycles. The van der Waals surface area contributed by atoms with E-state index in [2.05, 4.69) is 5.32 Å². The maximum Gasteiger partial charge on any atom is 0.335 e. The van der Waals surface area contributed by atoms with E-state index < -0.39 is 148 Å². The predicted molar refractivity (Wildman–Crippen MR) is 161 cm³/mol. The summed E-state index contributed by atoms with van der Waals surface area (Å²) >= 11 is 0. The predicted octanol–water partition coefficient (Wildman–Crippen LogP) is -7.67. The Morgan fingerprint density at radius 3 is 1.81 bits per heavy atom. The second-order valence-corrected chi connectivity index (χ2v) is 13.0. The van der Waals surface area contributed by atoms with Gasteiger partial charge in [0.1, 0.15) is 91.2 Å². The highest BCUT2D eigenvalue weighted by molar-refractivity contribution is 5.81. The highest BCUT2D eigenvalue weighted by atomic mass is 16.7. The van der Waals surface area contributed by atoms with Gasteiger partial charge in [-0.05, 0) is 19.1 Å². The number of amides is 1. The lowest BCUT2D eigenvalue weighted by atomic mass is 9.94. The van der Waals surface area contributed by atoms with Crippen LogP contribution in [0.25, 0.3) is 0 Å². The Morgan fingerprint density at radius 2 is 1.25 bits per heavy atom. The molecule has 0 aromatic carbocycles. The number of hydrogen-bond acceptors (Lipinski definition) is 21. The lowest BCUT2D eigenvalue weighted by Crippen LogP contribution is -2.66. The zero-order valence-electron chi connectivity index (χ0n) is 27.8. The molecular weight excluding hydrogens is 726 g/mol. The summed E-state index contributed by atoms with van der Waals surface area (Å²) in [5.74, 6) is -2.30. The van der Waals surface area contributed by atoms with Gasteiger partial charge < -0.3 is 104 Å². The molecule has 5 heterocycles. The fourth-order valence-electron chi connectivity index (χ4n) is 6.30. The van der Waals surface area contributed by atoms with Crippen LogP contribution in [0.2, 0.25) is 0 Å². The largest absolute Gasteiger partial charge is 0.479 e. The Labute approximate surface area is 299 Å². The Morgan fingerprint density at radius 1 is 0.679 bits per heavy atom. The fourth-order valence-corrected chi connectivity index (χ4v) is 6.30. The van der Waals surface area contributed by atoms with Crippen molar-refractivity contribution in [2.45, 2.75) is 136 Å². The standard InChI is InChI=1S/C30H45NO22/c1-8-12(33)22(50-30-20(41)16(37)18(39)25(53-30)27(44)45)14(35)11(48-8)7-47-28-21(42)23(13(34)10(6-32)49-28)51-29-19(40)15(36)17(38)24(52-29)26(43)31-5-9-3-2-4-46-9/h2-4,8,10-25,28-30,32-42H,5-7H2,1H3,(H,31,43)(H,44,45). The fraction of sp³-hybridized carbons (Fsp3) is 0.800. The van der Waals surface area contributed by atoms with Gasteiger partial charge in [-0.1, -0.05) is 0 Å². The van der Waals surface area contributed by atoms with Gasteiger partial charge in [0.2, 0.25) is 0 Å². The summed E-state index contributed by atoms with van der Waals surface area (Å²) < 4.78 is 43.5. The molecule has 0 spiro atoms. The molecule has 23 nitrogen and oxygen atoms in total. The van der Waals surface area contributed by atoms with Crippen molar-refractivity contribution in [2.75, 3.05) is 13.2 Å². The van der Waals surface area contributed by atoms with E-state index in [9.17, 15) is 70.9 Å². The number of hydrogen-bond donors (Lipinski definition) is 13. The molecule has 4 fully saturated rings. The maximum atomic E-state index is 12.8. The third-order valence-corrected chi connectivity index (χ3v) is 9.41. The van der Waals surface area contributed by atoms with Crippen LogP contribution >= 0.6 is 0 Å². The number of carboxylic acid groups (broad SMARTS) is 1. The van der Waals surface area contributed by atoms with Gasteiger partial charge in [0.15, 0.2) is 31.1 Å². The summed E-state index contributed by atoms with van der Waals surface area (Å²) in [5.41, 5.74) is 0. The van der Waals surface area contributed by atoms with Gasteiger partial charge in [0.25, 0.3) is 5.91 Å². The van der Waals surface area contributed by atoms with Crippen LogP contribution in [0.4, 0.5) is 0 Å². The molecule has 23 heteroatoms. The molecule has 0 saturated carbocycles. The summed E-state index contributed by atoms with van der Waals surface area (Å²) in [7, 11) is 0. The highest BCUT2D eigenvalue weighted by Crippen LogP contribution is 2.32. The van der Waals surface area contributed by atoms with E-state index in [1.807, 2.05) is 0 Å². The summed E-state index contributed by atoms with van der Waals surface area (Å²) in [4.78, 5) is 24.3. The van der Waals surface area contributed by atoms with Crippen LogP contribution in [0.5, 0.6) is 0 Å². The average Bonchev–Trinajstić information content (AvgIpc) is 3.66. The second-order valence-electron chi connectivity index (χ2n) is 13.0. The molecule has 1 aromatic rings. The topological polar surface area (TPSA) is 367 Å². The Hall–Kier alpha value is -2.50. The third-order valence-electron chi connectivity index (χ3n) is 9.41. The van der Waals surface area contributed by atoms with E-state index in [0.29, 0.717) is 5.76 Å². The van der Waals surface area contributed by atoms with E-state index in [0.717, 1.165) is 0 Å². The van der Waals surface area contributed by atoms with Crippen LogP contribution in [0.3, 0.4) is 0 Å². The number of carboxylic acids is 1. The first-order valence-electron chi connectivity index (χ1n) is 16.5. The molecule has 0 bridgehead atoms. The Balaban J connectivity index is 1.24. The van der Waals surface area contributed by atoms with Crippen molar-refractivity contribution < 1.29 is 108 Å².